The molecule has 0 spiro atoms. The van der Waals surface area contributed by atoms with Crippen molar-refractivity contribution in [1.82, 2.24) is 9.97 Å². The summed E-state index contributed by atoms with van der Waals surface area (Å²) in [5, 5.41) is 3.25. The Hall–Kier alpha value is -2.14. The molecule has 0 amide bonds. The molecule has 0 aliphatic heterocycles. The van der Waals surface area contributed by atoms with Gasteiger partial charge in [-0.3, -0.25) is 0 Å². The quantitative estimate of drug-likeness (QED) is 0.502. The number of benzene rings is 2. The first-order chi connectivity index (χ1) is 9.24. The molecule has 1 aromatic heterocycles. The molecule has 19 heavy (non-hydrogen) atoms. The summed E-state index contributed by atoms with van der Waals surface area (Å²) in [5.41, 5.74) is 9.31. The van der Waals surface area contributed by atoms with Crippen molar-refractivity contribution in [1.29, 1.82) is 0 Å². The maximum atomic E-state index is 5.75. The van der Waals surface area contributed by atoms with Crippen LogP contribution in [-0.2, 0) is 0 Å². The maximum Gasteiger partial charge on any atom is 0.205 e. The normalized spacial score (nSPS) is 10.8. The Balaban J connectivity index is 1.87. The topological polar surface area (TPSA) is 66.7 Å². The molecule has 96 valence electrons. The molecule has 0 unspecified atom stereocenters. The van der Waals surface area contributed by atoms with Gasteiger partial charge < -0.3 is 16.0 Å². The molecule has 3 rings (SSSR count). The van der Waals surface area contributed by atoms with Gasteiger partial charge in [-0.1, -0.05) is 0 Å². The van der Waals surface area contributed by atoms with E-state index in [-0.39, 0.29) is 0 Å². The summed E-state index contributed by atoms with van der Waals surface area (Å²) in [5.74, 6) is 0.720. The third kappa shape index (κ3) is 2.51. The van der Waals surface area contributed by atoms with Crippen LogP contribution in [0.2, 0.25) is 0 Å². The zero-order valence-electron chi connectivity index (χ0n) is 10.5. The molecule has 1 heterocycles. The highest BCUT2D eigenvalue weighted by atomic mass is 32.2. The van der Waals surface area contributed by atoms with Crippen molar-refractivity contribution in [2.75, 3.05) is 17.3 Å². The number of aromatic amines is 1. The van der Waals surface area contributed by atoms with Gasteiger partial charge in [0, 0.05) is 16.3 Å². The Morgan fingerprint density at radius 1 is 1.16 bits per heavy atom. The summed E-state index contributed by atoms with van der Waals surface area (Å²) in [6.45, 7) is 0. The average molecular weight is 270 g/mol. The minimum absolute atomic E-state index is 0.720. The largest absolute Gasteiger partial charge is 0.399 e. The van der Waals surface area contributed by atoms with Gasteiger partial charge >= 0.3 is 0 Å². The molecule has 0 aliphatic rings. The van der Waals surface area contributed by atoms with Gasteiger partial charge in [0.1, 0.15) is 0 Å². The summed E-state index contributed by atoms with van der Waals surface area (Å²) < 4.78 is 0. The molecule has 3 aromatic rings. The molecule has 0 atom stereocenters. The van der Waals surface area contributed by atoms with E-state index < -0.39 is 0 Å². The Bertz CT molecular complexity index is 703. The van der Waals surface area contributed by atoms with Crippen LogP contribution < -0.4 is 11.1 Å². The van der Waals surface area contributed by atoms with Gasteiger partial charge in [-0.05, 0) is 48.7 Å². The van der Waals surface area contributed by atoms with Crippen molar-refractivity contribution in [3.63, 3.8) is 0 Å². The summed E-state index contributed by atoms with van der Waals surface area (Å²) in [6, 6.07) is 13.9. The summed E-state index contributed by atoms with van der Waals surface area (Å²) in [7, 11) is 0. The Kier molecular flexibility index (Phi) is 3.05. The van der Waals surface area contributed by atoms with Crippen molar-refractivity contribution < 1.29 is 0 Å². The molecule has 0 fully saturated rings. The van der Waals surface area contributed by atoms with Crippen LogP contribution in [-0.4, -0.2) is 16.2 Å². The summed E-state index contributed by atoms with van der Waals surface area (Å²) >= 11 is 1.72. The molecule has 0 radical (unpaired) electrons. The van der Waals surface area contributed by atoms with Gasteiger partial charge in [-0.25, -0.2) is 4.98 Å². The summed E-state index contributed by atoms with van der Waals surface area (Å²) in [6.07, 6.45) is 2.06. The van der Waals surface area contributed by atoms with E-state index in [1.54, 1.807) is 11.8 Å². The number of nitrogens with two attached hydrogens (primary N) is 1. The van der Waals surface area contributed by atoms with Crippen LogP contribution >= 0.6 is 11.8 Å². The van der Waals surface area contributed by atoms with Crippen molar-refractivity contribution >= 4 is 40.1 Å². The number of H-pyrrole nitrogens is 1. The number of rotatable bonds is 3. The smallest absolute Gasteiger partial charge is 0.205 e. The van der Waals surface area contributed by atoms with Gasteiger partial charge in [-0.2, -0.15) is 0 Å². The first-order valence-corrected chi connectivity index (χ1v) is 7.13. The number of hydrogen-bond acceptors (Lipinski definition) is 4. The van der Waals surface area contributed by atoms with Crippen LogP contribution in [0.1, 0.15) is 0 Å². The molecular weight excluding hydrogens is 256 g/mol. The first kappa shape index (κ1) is 11.9. The molecular formula is C14H14N4S. The fourth-order valence-corrected chi connectivity index (χ4v) is 2.31. The predicted molar refractivity (Wildman–Crippen MR) is 82.0 cm³/mol. The Labute approximate surface area is 115 Å². The lowest BCUT2D eigenvalue weighted by Crippen LogP contribution is -1.91. The van der Waals surface area contributed by atoms with Gasteiger partial charge in [0.05, 0.1) is 11.0 Å². The van der Waals surface area contributed by atoms with Crippen molar-refractivity contribution in [2.24, 2.45) is 0 Å². The van der Waals surface area contributed by atoms with E-state index >= 15 is 0 Å². The number of nitrogen functional groups attached to an aromatic ring is 1. The van der Waals surface area contributed by atoms with E-state index in [9.17, 15) is 0 Å². The fraction of sp³-hybridized carbons (Fsp3) is 0.0714. The molecule has 0 aliphatic carbocycles. The van der Waals surface area contributed by atoms with Crippen LogP contribution in [0.25, 0.3) is 11.0 Å². The van der Waals surface area contributed by atoms with Gasteiger partial charge in [-0.15, -0.1) is 11.8 Å². The van der Waals surface area contributed by atoms with Gasteiger partial charge in [0.15, 0.2) is 0 Å². The lowest BCUT2D eigenvalue weighted by molar-refractivity contribution is 1.30. The molecule has 2 aromatic carbocycles. The number of imidazole rings is 1. The van der Waals surface area contributed by atoms with Gasteiger partial charge in [0.2, 0.25) is 5.95 Å². The number of thioether (sulfide) groups is 1. The van der Waals surface area contributed by atoms with Crippen LogP contribution in [0.15, 0.2) is 47.4 Å². The molecule has 5 heteroatoms. The van der Waals surface area contributed by atoms with E-state index in [2.05, 4.69) is 33.7 Å². The van der Waals surface area contributed by atoms with Gasteiger partial charge in [0.25, 0.3) is 0 Å². The molecule has 0 bridgehead atoms. The van der Waals surface area contributed by atoms with E-state index in [4.69, 9.17) is 5.73 Å². The van der Waals surface area contributed by atoms with Crippen LogP contribution in [0.4, 0.5) is 17.3 Å². The van der Waals surface area contributed by atoms with Crippen LogP contribution in [0.3, 0.4) is 0 Å². The van der Waals surface area contributed by atoms with E-state index in [0.717, 1.165) is 28.4 Å². The van der Waals surface area contributed by atoms with Crippen molar-refractivity contribution in [2.45, 2.75) is 4.90 Å². The third-order valence-electron chi connectivity index (χ3n) is 2.86. The SMILES string of the molecule is CSc1ccc(Nc2nc3ccc(N)cc3[nH]2)cc1. The lowest BCUT2D eigenvalue weighted by atomic mass is 10.3. The summed E-state index contributed by atoms with van der Waals surface area (Å²) in [4.78, 5) is 8.91. The number of fused-ring (bicyclic) bond motifs is 1. The highest BCUT2D eigenvalue weighted by molar-refractivity contribution is 7.98. The maximum absolute atomic E-state index is 5.75. The highest BCUT2D eigenvalue weighted by Gasteiger charge is 2.03. The monoisotopic (exact) mass is 270 g/mol. The standard InChI is InChI=1S/C14H14N4S/c1-19-11-5-3-10(4-6-11)16-14-17-12-7-2-9(15)8-13(12)18-14/h2-8H,15H2,1H3,(H2,16,17,18). The molecule has 0 saturated heterocycles. The van der Waals surface area contributed by atoms with Crippen molar-refractivity contribution in [3.8, 4) is 0 Å². The number of anilines is 3. The Morgan fingerprint density at radius 3 is 2.68 bits per heavy atom. The van der Waals surface area contributed by atoms with Crippen molar-refractivity contribution in [3.05, 3.63) is 42.5 Å². The second kappa shape index (κ2) is 4.85. The third-order valence-corrected chi connectivity index (χ3v) is 3.60. The number of nitrogens with zero attached hydrogens (tertiary/aromatic N) is 1. The minimum atomic E-state index is 0.720. The van der Waals surface area contributed by atoms with E-state index in [1.807, 2.05) is 30.3 Å². The zero-order valence-corrected chi connectivity index (χ0v) is 11.3. The molecule has 4 N–H and O–H groups in total. The molecule has 4 nitrogen and oxygen atoms in total. The minimum Gasteiger partial charge on any atom is -0.399 e. The van der Waals surface area contributed by atoms with E-state index in [1.165, 1.54) is 4.90 Å². The fourth-order valence-electron chi connectivity index (χ4n) is 1.90. The van der Waals surface area contributed by atoms with Crippen LogP contribution in [0, 0.1) is 0 Å². The second-order valence-corrected chi connectivity index (χ2v) is 5.10. The lowest BCUT2D eigenvalue weighted by Gasteiger charge is -2.03. The average Bonchev–Trinajstić information content (AvgIpc) is 2.81. The Morgan fingerprint density at radius 2 is 1.95 bits per heavy atom. The first-order valence-electron chi connectivity index (χ1n) is 5.91. The van der Waals surface area contributed by atoms with Crippen LogP contribution in [0.5, 0.6) is 0 Å². The zero-order chi connectivity index (χ0) is 13.2. The molecule has 0 saturated carbocycles. The second-order valence-electron chi connectivity index (χ2n) is 4.22. The number of aromatic nitrogens is 2. The number of nitrogens with one attached hydrogen (secondary N) is 2. The number of hydrogen-bond donors (Lipinski definition) is 3. The highest BCUT2D eigenvalue weighted by Crippen LogP contribution is 2.22. The predicted octanol–water partition coefficient (Wildman–Crippen LogP) is 3.61. The van der Waals surface area contributed by atoms with E-state index in [0.29, 0.717) is 0 Å².